The van der Waals surface area contributed by atoms with Gasteiger partial charge in [0.2, 0.25) is 0 Å². The van der Waals surface area contributed by atoms with E-state index in [4.69, 9.17) is 4.74 Å². The molecule has 1 N–H and O–H groups in total. The first-order chi connectivity index (χ1) is 9.37. The Kier molecular flexibility index (Phi) is 3.45. The van der Waals surface area contributed by atoms with E-state index in [0.717, 1.165) is 32.2 Å². The van der Waals surface area contributed by atoms with Crippen LogP contribution in [0.3, 0.4) is 0 Å². The average molecular weight is 281 g/mol. The molecule has 0 aromatic heterocycles. The lowest BCUT2D eigenvalue weighted by atomic mass is 9.72. The maximum Gasteiger partial charge on any atom is 0.410 e. The zero-order valence-electron chi connectivity index (χ0n) is 12.9. The molecule has 1 amide bonds. The highest BCUT2D eigenvalue weighted by molar-refractivity contribution is 5.69. The van der Waals surface area contributed by atoms with Gasteiger partial charge in [0.1, 0.15) is 5.60 Å². The number of likely N-dealkylation sites (tertiary alicyclic amines) is 2. The predicted molar refractivity (Wildman–Crippen MR) is 77.7 cm³/mol. The normalized spacial score (nSPS) is 27.1. The van der Waals surface area contributed by atoms with Crippen LogP contribution in [-0.2, 0) is 4.74 Å². The zero-order chi connectivity index (χ0) is 14.4. The number of carbonyl (C=O) groups is 1. The van der Waals surface area contributed by atoms with Gasteiger partial charge in [-0.2, -0.15) is 0 Å². The first-order valence-electron chi connectivity index (χ1n) is 7.80. The minimum atomic E-state index is -0.388. The third kappa shape index (κ3) is 2.79. The van der Waals surface area contributed by atoms with Crippen molar-refractivity contribution < 1.29 is 9.53 Å². The van der Waals surface area contributed by atoms with Crippen molar-refractivity contribution in [1.82, 2.24) is 15.1 Å². The molecule has 5 nitrogen and oxygen atoms in total. The molecule has 5 heteroatoms. The smallest absolute Gasteiger partial charge is 0.410 e. The van der Waals surface area contributed by atoms with Crippen molar-refractivity contribution in [3.63, 3.8) is 0 Å². The molecule has 3 aliphatic heterocycles. The van der Waals surface area contributed by atoms with Gasteiger partial charge < -0.3 is 15.0 Å². The minimum absolute atomic E-state index is 0.145. The van der Waals surface area contributed by atoms with Crippen LogP contribution in [0.4, 0.5) is 4.79 Å². The first-order valence-corrected chi connectivity index (χ1v) is 7.80. The Bertz CT molecular complexity index is 371. The molecule has 3 heterocycles. The molecule has 0 aromatic rings. The van der Waals surface area contributed by atoms with Crippen LogP contribution < -0.4 is 5.32 Å². The van der Waals surface area contributed by atoms with Crippen LogP contribution in [0.1, 0.15) is 33.6 Å². The lowest BCUT2D eigenvalue weighted by molar-refractivity contribution is -0.0663. The molecule has 0 unspecified atom stereocenters. The lowest BCUT2D eigenvalue weighted by Crippen LogP contribution is -2.65. The second-order valence-electron chi connectivity index (χ2n) is 7.68. The Balaban J connectivity index is 1.44. The molecule has 3 saturated heterocycles. The summed E-state index contributed by atoms with van der Waals surface area (Å²) in [5, 5.41) is 3.34. The maximum atomic E-state index is 12.0. The van der Waals surface area contributed by atoms with Crippen LogP contribution in [0.25, 0.3) is 0 Å². The van der Waals surface area contributed by atoms with Crippen molar-refractivity contribution in [1.29, 1.82) is 0 Å². The van der Waals surface area contributed by atoms with E-state index < -0.39 is 0 Å². The third-order valence-corrected chi connectivity index (χ3v) is 4.84. The number of nitrogens with one attached hydrogen (secondary N) is 1. The number of amides is 1. The second kappa shape index (κ2) is 4.88. The molecule has 0 aliphatic carbocycles. The van der Waals surface area contributed by atoms with Crippen LogP contribution in [0, 0.1) is 5.41 Å². The van der Waals surface area contributed by atoms with Gasteiger partial charge in [0.05, 0.1) is 0 Å². The summed E-state index contributed by atoms with van der Waals surface area (Å²) in [4.78, 5) is 16.5. The van der Waals surface area contributed by atoms with E-state index in [0.29, 0.717) is 5.41 Å². The molecule has 3 aliphatic rings. The Morgan fingerprint density at radius 3 is 2.25 bits per heavy atom. The van der Waals surface area contributed by atoms with Crippen molar-refractivity contribution in [2.45, 2.75) is 45.3 Å². The fourth-order valence-corrected chi connectivity index (χ4v) is 3.43. The Labute approximate surface area is 121 Å². The summed E-state index contributed by atoms with van der Waals surface area (Å²) in [6, 6.07) is 0.759. The maximum absolute atomic E-state index is 12.0. The van der Waals surface area contributed by atoms with E-state index in [1.54, 1.807) is 0 Å². The largest absolute Gasteiger partial charge is 0.444 e. The highest BCUT2D eigenvalue weighted by atomic mass is 16.6. The quantitative estimate of drug-likeness (QED) is 0.787. The van der Waals surface area contributed by atoms with E-state index in [-0.39, 0.29) is 11.7 Å². The van der Waals surface area contributed by atoms with Crippen LogP contribution in [0.5, 0.6) is 0 Å². The highest BCUT2D eigenvalue weighted by Gasteiger charge is 2.48. The molecule has 0 saturated carbocycles. The summed E-state index contributed by atoms with van der Waals surface area (Å²) in [6.45, 7) is 12.2. The second-order valence-corrected chi connectivity index (χ2v) is 7.68. The van der Waals surface area contributed by atoms with Crippen molar-refractivity contribution in [2.24, 2.45) is 5.41 Å². The summed E-state index contributed by atoms with van der Waals surface area (Å²) >= 11 is 0. The SMILES string of the molecule is CC(C)(C)OC(=O)N1CC2(CCN(C3CNC3)CC2)C1. The molecule has 1 spiro atoms. The van der Waals surface area contributed by atoms with Gasteiger partial charge in [0.25, 0.3) is 0 Å². The number of hydrogen-bond donors (Lipinski definition) is 1. The van der Waals surface area contributed by atoms with Crippen molar-refractivity contribution in [3.8, 4) is 0 Å². The van der Waals surface area contributed by atoms with Gasteiger partial charge in [-0.25, -0.2) is 4.79 Å². The fourth-order valence-electron chi connectivity index (χ4n) is 3.43. The standard InChI is InChI=1S/C15H27N3O2/c1-14(2,3)20-13(19)18-10-15(11-18)4-6-17(7-5-15)12-8-16-9-12/h12,16H,4-11H2,1-3H3. The number of nitrogens with zero attached hydrogens (tertiary/aromatic N) is 2. The first kappa shape index (κ1) is 14.1. The van der Waals surface area contributed by atoms with Gasteiger partial charge in [0, 0.05) is 37.6 Å². The monoisotopic (exact) mass is 281 g/mol. The van der Waals surface area contributed by atoms with E-state index >= 15 is 0 Å². The Morgan fingerprint density at radius 1 is 1.20 bits per heavy atom. The van der Waals surface area contributed by atoms with Gasteiger partial charge in [-0.3, -0.25) is 4.90 Å². The van der Waals surface area contributed by atoms with Crippen molar-refractivity contribution in [2.75, 3.05) is 39.3 Å². The molecular formula is C15H27N3O2. The highest BCUT2D eigenvalue weighted by Crippen LogP contribution is 2.41. The van der Waals surface area contributed by atoms with Crippen LogP contribution in [0.15, 0.2) is 0 Å². The topological polar surface area (TPSA) is 44.8 Å². The molecular weight excluding hydrogens is 254 g/mol. The Morgan fingerprint density at radius 2 is 1.80 bits per heavy atom. The summed E-state index contributed by atoms with van der Waals surface area (Å²) in [5.74, 6) is 0. The van der Waals surface area contributed by atoms with E-state index in [9.17, 15) is 4.79 Å². The molecule has 20 heavy (non-hydrogen) atoms. The third-order valence-electron chi connectivity index (χ3n) is 4.84. The van der Waals surface area contributed by atoms with E-state index in [1.165, 1.54) is 25.9 Å². The van der Waals surface area contributed by atoms with E-state index in [2.05, 4.69) is 10.2 Å². The molecule has 114 valence electrons. The summed E-state index contributed by atoms with van der Waals surface area (Å²) < 4.78 is 5.43. The predicted octanol–water partition coefficient (Wildman–Crippen LogP) is 1.29. The van der Waals surface area contributed by atoms with Gasteiger partial charge in [-0.05, 0) is 46.7 Å². The number of ether oxygens (including phenoxy) is 1. The van der Waals surface area contributed by atoms with Crippen molar-refractivity contribution >= 4 is 6.09 Å². The molecule has 0 aromatic carbocycles. The van der Waals surface area contributed by atoms with Crippen LogP contribution >= 0.6 is 0 Å². The number of carbonyl (C=O) groups excluding carboxylic acids is 1. The average Bonchev–Trinajstić information content (AvgIpc) is 2.22. The summed E-state index contributed by atoms with van der Waals surface area (Å²) in [6.07, 6.45) is 2.31. The number of hydrogen-bond acceptors (Lipinski definition) is 4. The molecule has 0 radical (unpaired) electrons. The molecule has 3 fully saturated rings. The van der Waals surface area contributed by atoms with Gasteiger partial charge in [-0.15, -0.1) is 0 Å². The van der Waals surface area contributed by atoms with Crippen LogP contribution in [0.2, 0.25) is 0 Å². The summed E-state index contributed by atoms with van der Waals surface area (Å²) in [5.41, 5.74) is -0.00892. The number of piperidine rings is 1. The minimum Gasteiger partial charge on any atom is -0.444 e. The van der Waals surface area contributed by atoms with Gasteiger partial charge in [0.15, 0.2) is 0 Å². The molecule has 0 atom stereocenters. The fraction of sp³-hybridized carbons (Fsp3) is 0.933. The van der Waals surface area contributed by atoms with Crippen molar-refractivity contribution in [3.05, 3.63) is 0 Å². The number of rotatable bonds is 1. The van der Waals surface area contributed by atoms with E-state index in [1.807, 2.05) is 25.7 Å². The Hall–Kier alpha value is -0.810. The van der Waals surface area contributed by atoms with Crippen LogP contribution in [-0.4, -0.2) is 66.8 Å². The summed E-state index contributed by atoms with van der Waals surface area (Å²) in [7, 11) is 0. The van der Waals surface area contributed by atoms with Gasteiger partial charge >= 0.3 is 6.09 Å². The van der Waals surface area contributed by atoms with Gasteiger partial charge in [-0.1, -0.05) is 0 Å². The zero-order valence-corrected chi connectivity index (χ0v) is 12.9. The molecule has 3 rings (SSSR count). The lowest BCUT2D eigenvalue weighted by Gasteiger charge is -2.55. The molecule has 0 bridgehead atoms.